The fourth-order valence-corrected chi connectivity index (χ4v) is 3.97. The number of rotatable bonds is 5. The van der Waals surface area contributed by atoms with Gasteiger partial charge in [-0.3, -0.25) is 4.79 Å². The van der Waals surface area contributed by atoms with Crippen LogP contribution in [0.25, 0.3) is 0 Å². The molecule has 2 heteroatoms. The number of hydrogen-bond donors (Lipinski definition) is 1. The van der Waals surface area contributed by atoms with Gasteiger partial charge in [0, 0.05) is 12.5 Å². The Morgan fingerprint density at radius 1 is 1.06 bits per heavy atom. The van der Waals surface area contributed by atoms with E-state index in [0.29, 0.717) is 11.8 Å². The van der Waals surface area contributed by atoms with E-state index in [9.17, 15) is 4.79 Å². The molecule has 2 unspecified atom stereocenters. The molecular weight excluding hydrogens is 210 g/mol. The van der Waals surface area contributed by atoms with Crippen molar-refractivity contribution in [2.24, 2.45) is 23.7 Å². The number of carbonyl (C=O) groups excluding carboxylic acids is 1. The highest BCUT2D eigenvalue weighted by atomic mass is 16.1. The Kier molecular flexibility index (Phi) is 3.39. The fourth-order valence-electron chi connectivity index (χ4n) is 3.97. The van der Waals surface area contributed by atoms with E-state index in [1.165, 1.54) is 57.8 Å². The van der Waals surface area contributed by atoms with Crippen molar-refractivity contribution < 1.29 is 4.79 Å². The fraction of sp³-hybridized carbons (Fsp3) is 0.933. The van der Waals surface area contributed by atoms with Gasteiger partial charge >= 0.3 is 0 Å². The number of carbonyl (C=O) groups is 1. The molecule has 0 spiro atoms. The van der Waals surface area contributed by atoms with Gasteiger partial charge in [0.15, 0.2) is 0 Å². The molecule has 0 aromatic heterocycles. The SMILES string of the molecule is O=C(NCCCC1CCCC1)C1CC2CC2C1. The lowest BCUT2D eigenvalue weighted by atomic mass is 10.0. The van der Waals surface area contributed by atoms with Crippen LogP contribution in [-0.2, 0) is 4.79 Å². The lowest BCUT2D eigenvalue weighted by Crippen LogP contribution is -2.30. The van der Waals surface area contributed by atoms with E-state index in [0.717, 1.165) is 24.3 Å². The Balaban J connectivity index is 1.27. The summed E-state index contributed by atoms with van der Waals surface area (Å²) in [5.41, 5.74) is 0. The van der Waals surface area contributed by atoms with Crippen LogP contribution in [0.3, 0.4) is 0 Å². The van der Waals surface area contributed by atoms with Crippen LogP contribution in [0.5, 0.6) is 0 Å². The maximum Gasteiger partial charge on any atom is 0.223 e. The van der Waals surface area contributed by atoms with Gasteiger partial charge in [-0.2, -0.15) is 0 Å². The lowest BCUT2D eigenvalue weighted by Gasteiger charge is -2.13. The summed E-state index contributed by atoms with van der Waals surface area (Å²) in [6.45, 7) is 0.918. The Bertz CT molecular complexity index is 273. The monoisotopic (exact) mass is 235 g/mol. The molecule has 0 bridgehead atoms. The lowest BCUT2D eigenvalue weighted by molar-refractivity contribution is -0.125. The summed E-state index contributed by atoms with van der Waals surface area (Å²) < 4.78 is 0. The van der Waals surface area contributed by atoms with Crippen molar-refractivity contribution in [2.45, 2.75) is 57.8 Å². The van der Waals surface area contributed by atoms with E-state index in [2.05, 4.69) is 5.32 Å². The number of amides is 1. The molecule has 1 amide bonds. The second-order valence-electron chi connectivity index (χ2n) is 6.51. The Hall–Kier alpha value is -0.530. The predicted octanol–water partition coefficient (Wildman–Crippen LogP) is 3.12. The van der Waals surface area contributed by atoms with Crippen LogP contribution in [-0.4, -0.2) is 12.5 Å². The van der Waals surface area contributed by atoms with Gasteiger partial charge in [0.2, 0.25) is 5.91 Å². The van der Waals surface area contributed by atoms with Crippen molar-refractivity contribution in [3.8, 4) is 0 Å². The van der Waals surface area contributed by atoms with Gasteiger partial charge in [-0.05, 0) is 49.9 Å². The maximum atomic E-state index is 11.9. The molecule has 1 N–H and O–H groups in total. The third-order valence-corrected chi connectivity index (χ3v) is 5.18. The first kappa shape index (κ1) is 11.6. The molecule has 0 aromatic rings. The van der Waals surface area contributed by atoms with Crippen molar-refractivity contribution in [3.05, 3.63) is 0 Å². The number of fused-ring (bicyclic) bond motifs is 1. The molecule has 96 valence electrons. The molecule has 3 aliphatic rings. The molecule has 2 nitrogen and oxygen atoms in total. The summed E-state index contributed by atoms with van der Waals surface area (Å²) >= 11 is 0. The molecule has 0 radical (unpaired) electrons. The molecular formula is C15H25NO. The third-order valence-electron chi connectivity index (χ3n) is 5.18. The topological polar surface area (TPSA) is 29.1 Å². The van der Waals surface area contributed by atoms with Crippen LogP contribution >= 0.6 is 0 Å². The van der Waals surface area contributed by atoms with Crippen LogP contribution < -0.4 is 5.32 Å². The van der Waals surface area contributed by atoms with E-state index in [4.69, 9.17) is 0 Å². The Morgan fingerprint density at radius 2 is 1.76 bits per heavy atom. The second kappa shape index (κ2) is 4.99. The minimum Gasteiger partial charge on any atom is -0.356 e. The molecule has 2 atom stereocenters. The van der Waals surface area contributed by atoms with Gasteiger partial charge in [0.1, 0.15) is 0 Å². The highest BCUT2D eigenvalue weighted by Crippen LogP contribution is 2.54. The van der Waals surface area contributed by atoms with Gasteiger partial charge in [-0.25, -0.2) is 0 Å². The van der Waals surface area contributed by atoms with E-state index < -0.39 is 0 Å². The standard InChI is InChI=1S/C15H25NO/c17-15(14-9-12-8-13(12)10-14)16-7-3-6-11-4-1-2-5-11/h11-14H,1-10H2,(H,16,17). The van der Waals surface area contributed by atoms with Crippen LogP contribution in [0.1, 0.15) is 57.8 Å². The van der Waals surface area contributed by atoms with Crippen molar-refractivity contribution in [2.75, 3.05) is 6.54 Å². The van der Waals surface area contributed by atoms with Crippen molar-refractivity contribution in [1.29, 1.82) is 0 Å². The summed E-state index contributed by atoms with van der Waals surface area (Å²) in [5, 5.41) is 3.15. The van der Waals surface area contributed by atoms with Gasteiger partial charge in [0.25, 0.3) is 0 Å². The molecule has 0 heterocycles. The van der Waals surface area contributed by atoms with E-state index in [1.807, 2.05) is 0 Å². The van der Waals surface area contributed by atoms with Crippen LogP contribution in [0, 0.1) is 23.7 Å². The molecule has 3 rings (SSSR count). The van der Waals surface area contributed by atoms with Crippen molar-refractivity contribution >= 4 is 5.91 Å². The third kappa shape index (κ3) is 2.83. The molecule has 0 saturated heterocycles. The van der Waals surface area contributed by atoms with Gasteiger partial charge in [-0.15, -0.1) is 0 Å². The molecule has 3 aliphatic carbocycles. The predicted molar refractivity (Wildman–Crippen MR) is 68.5 cm³/mol. The Labute approximate surface area is 105 Å². The maximum absolute atomic E-state index is 11.9. The minimum atomic E-state index is 0.351. The van der Waals surface area contributed by atoms with Crippen LogP contribution in [0.2, 0.25) is 0 Å². The number of hydrogen-bond acceptors (Lipinski definition) is 1. The van der Waals surface area contributed by atoms with Gasteiger partial charge in [-0.1, -0.05) is 25.7 Å². The summed E-state index contributed by atoms with van der Waals surface area (Å²) in [6, 6.07) is 0. The smallest absolute Gasteiger partial charge is 0.223 e. The average Bonchev–Trinajstić information content (AvgIpc) is 2.81. The highest BCUT2D eigenvalue weighted by Gasteiger charge is 2.47. The summed E-state index contributed by atoms with van der Waals surface area (Å²) in [6.07, 6.45) is 12.0. The molecule has 0 aliphatic heterocycles. The minimum absolute atomic E-state index is 0.351. The van der Waals surface area contributed by atoms with Crippen molar-refractivity contribution in [1.82, 2.24) is 5.32 Å². The zero-order valence-electron chi connectivity index (χ0n) is 10.8. The number of nitrogens with one attached hydrogen (secondary N) is 1. The summed E-state index contributed by atoms with van der Waals surface area (Å²) in [7, 11) is 0. The first-order valence-electron chi connectivity index (χ1n) is 7.60. The van der Waals surface area contributed by atoms with E-state index >= 15 is 0 Å². The zero-order chi connectivity index (χ0) is 11.7. The highest BCUT2D eigenvalue weighted by molar-refractivity contribution is 5.79. The molecule has 17 heavy (non-hydrogen) atoms. The van der Waals surface area contributed by atoms with Crippen molar-refractivity contribution in [3.63, 3.8) is 0 Å². The van der Waals surface area contributed by atoms with Crippen LogP contribution in [0.4, 0.5) is 0 Å². The molecule has 3 fully saturated rings. The van der Waals surface area contributed by atoms with Gasteiger partial charge < -0.3 is 5.32 Å². The zero-order valence-corrected chi connectivity index (χ0v) is 10.8. The first-order chi connectivity index (χ1) is 8.33. The van der Waals surface area contributed by atoms with E-state index in [1.54, 1.807) is 0 Å². The Morgan fingerprint density at radius 3 is 2.47 bits per heavy atom. The second-order valence-corrected chi connectivity index (χ2v) is 6.51. The first-order valence-corrected chi connectivity index (χ1v) is 7.60. The van der Waals surface area contributed by atoms with Crippen LogP contribution in [0.15, 0.2) is 0 Å². The normalized spacial score (nSPS) is 35.9. The summed E-state index contributed by atoms with van der Waals surface area (Å²) in [5.74, 6) is 3.52. The summed E-state index contributed by atoms with van der Waals surface area (Å²) in [4.78, 5) is 11.9. The molecule has 3 saturated carbocycles. The van der Waals surface area contributed by atoms with Gasteiger partial charge in [0.05, 0.1) is 0 Å². The largest absolute Gasteiger partial charge is 0.356 e. The quantitative estimate of drug-likeness (QED) is 0.729. The average molecular weight is 235 g/mol. The molecule has 0 aromatic carbocycles. The van der Waals surface area contributed by atoms with E-state index in [-0.39, 0.29) is 0 Å².